The number of benzene rings is 1. The van der Waals surface area contributed by atoms with Crippen molar-refractivity contribution in [1.82, 2.24) is 15.3 Å². The van der Waals surface area contributed by atoms with Crippen LogP contribution in [0.4, 0.5) is 16.3 Å². The molecule has 1 aromatic carbocycles. The van der Waals surface area contributed by atoms with E-state index in [1.54, 1.807) is 19.2 Å². The van der Waals surface area contributed by atoms with E-state index in [1.807, 2.05) is 18.2 Å². The Balaban J connectivity index is 1.60. The molecular weight excluding hydrogens is 466 g/mol. The van der Waals surface area contributed by atoms with Crippen LogP contribution in [0.15, 0.2) is 30.3 Å². The Hall–Kier alpha value is -2.72. The van der Waals surface area contributed by atoms with Gasteiger partial charge in [-0.1, -0.05) is 12.8 Å². The monoisotopic (exact) mass is 499 g/mol. The molecule has 10 heteroatoms. The maximum absolute atomic E-state index is 13.8. The standard InChI is InChI=1S/C25H33N5O4S/c1-17-16-34-14-13-30(17)22-15-21(25(11-3-4-12-25)35(32,33)20-9-10-20)28-23(29-22)18-5-7-19(8-6-18)27-24(31)26-2/h5-8,15,17,20H,3-4,9-14,16H2,1-2H3,(H2,26,27,31)/t17-/m0/s1. The Morgan fingerprint density at radius 2 is 1.86 bits per heavy atom. The van der Waals surface area contributed by atoms with Crippen molar-refractivity contribution in [3.05, 3.63) is 36.0 Å². The number of sulfone groups is 1. The fourth-order valence-corrected chi connectivity index (χ4v) is 7.89. The summed E-state index contributed by atoms with van der Waals surface area (Å²) in [6.45, 7) is 3.98. The van der Waals surface area contributed by atoms with Crippen LogP contribution in [0.1, 0.15) is 51.1 Å². The van der Waals surface area contributed by atoms with Crippen LogP contribution in [0.3, 0.4) is 0 Å². The minimum Gasteiger partial charge on any atom is -0.377 e. The van der Waals surface area contributed by atoms with Gasteiger partial charge >= 0.3 is 6.03 Å². The van der Waals surface area contributed by atoms with Crippen molar-refractivity contribution in [3.8, 4) is 11.4 Å². The lowest BCUT2D eigenvalue weighted by molar-refractivity contribution is 0.0985. The number of carbonyl (C=O) groups is 1. The van der Waals surface area contributed by atoms with Gasteiger partial charge in [0, 0.05) is 30.9 Å². The van der Waals surface area contributed by atoms with Crippen molar-refractivity contribution in [3.63, 3.8) is 0 Å². The number of amides is 2. The summed E-state index contributed by atoms with van der Waals surface area (Å²) < 4.78 is 32.2. The maximum atomic E-state index is 13.8. The maximum Gasteiger partial charge on any atom is 0.318 e. The second-order valence-electron chi connectivity index (χ2n) is 9.78. The van der Waals surface area contributed by atoms with Gasteiger partial charge in [-0.25, -0.2) is 23.2 Å². The van der Waals surface area contributed by atoms with E-state index in [4.69, 9.17) is 14.7 Å². The lowest BCUT2D eigenvalue weighted by atomic mass is 10.0. The van der Waals surface area contributed by atoms with Crippen molar-refractivity contribution in [1.29, 1.82) is 0 Å². The molecule has 0 bridgehead atoms. The first-order valence-electron chi connectivity index (χ1n) is 12.4. The highest BCUT2D eigenvalue weighted by Gasteiger charge is 2.55. The van der Waals surface area contributed by atoms with E-state index in [1.165, 1.54) is 0 Å². The third-order valence-corrected chi connectivity index (χ3v) is 10.4. The minimum atomic E-state index is -3.35. The zero-order chi connectivity index (χ0) is 24.6. The minimum absolute atomic E-state index is 0.123. The van der Waals surface area contributed by atoms with Gasteiger partial charge in [-0.2, -0.15) is 0 Å². The molecule has 2 N–H and O–H groups in total. The zero-order valence-corrected chi connectivity index (χ0v) is 21.1. The molecule has 2 heterocycles. The summed E-state index contributed by atoms with van der Waals surface area (Å²) >= 11 is 0. The molecule has 188 valence electrons. The second kappa shape index (κ2) is 9.39. The van der Waals surface area contributed by atoms with Crippen molar-refractivity contribution in [2.45, 2.75) is 61.5 Å². The van der Waals surface area contributed by atoms with Crippen LogP contribution in [0, 0.1) is 0 Å². The molecule has 3 fully saturated rings. The molecule has 1 atom stereocenters. The highest BCUT2D eigenvalue weighted by Crippen LogP contribution is 2.51. The van der Waals surface area contributed by atoms with Crippen LogP contribution in [-0.2, 0) is 19.3 Å². The van der Waals surface area contributed by atoms with Crippen molar-refractivity contribution < 1.29 is 17.9 Å². The Morgan fingerprint density at radius 3 is 2.49 bits per heavy atom. The number of carbonyl (C=O) groups excluding carboxylic acids is 1. The van der Waals surface area contributed by atoms with E-state index in [2.05, 4.69) is 22.5 Å². The van der Waals surface area contributed by atoms with Gasteiger partial charge in [0.2, 0.25) is 0 Å². The van der Waals surface area contributed by atoms with Gasteiger partial charge in [-0.05, 0) is 56.9 Å². The quantitative estimate of drug-likeness (QED) is 0.626. The largest absolute Gasteiger partial charge is 0.377 e. The second-order valence-corrected chi connectivity index (χ2v) is 12.3. The first-order valence-corrected chi connectivity index (χ1v) is 14.0. The first kappa shape index (κ1) is 24.0. The molecule has 0 radical (unpaired) electrons. The third kappa shape index (κ3) is 4.49. The Morgan fingerprint density at radius 1 is 1.14 bits per heavy atom. The fraction of sp³-hybridized carbons (Fsp3) is 0.560. The van der Waals surface area contributed by atoms with E-state index < -0.39 is 14.6 Å². The smallest absolute Gasteiger partial charge is 0.318 e. The summed E-state index contributed by atoms with van der Waals surface area (Å²) in [6, 6.07) is 9.04. The highest BCUT2D eigenvalue weighted by atomic mass is 32.2. The molecule has 2 amide bonds. The Kier molecular flexibility index (Phi) is 6.43. The average Bonchev–Trinajstić information content (AvgIpc) is 3.61. The normalized spacial score (nSPS) is 22.1. The number of nitrogens with zero attached hydrogens (tertiary/aromatic N) is 3. The van der Waals surface area contributed by atoms with E-state index in [0.717, 1.165) is 37.1 Å². The van der Waals surface area contributed by atoms with Crippen LogP contribution in [0.5, 0.6) is 0 Å². The summed E-state index contributed by atoms with van der Waals surface area (Å²) in [5, 5.41) is 5.03. The van der Waals surface area contributed by atoms with E-state index in [9.17, 15) is 13.2 Å². The SMILES string of the molecule is CNC(=O)Nc1ccc(-c2nc(N3CCOC[C@@H]3C)cc(C3(S(=O)(=O)C4CC4)CCCC3)n2)cc1. The molecule has 0 spiro atoms. The predicted molar refractivity (Wildman–Crippen MR) is 135 cm³/mol. The van der Waals surface area contributed by atoms with Crippen LogP contribution in [0.2, 0.25) is 0 Å². The van der Waals surface area contributed by atoms with E-state index >= 15 is 0 Å². The zero-order valence-electron chi connectivity index (χ0n) is 20.3. The van der Waals surface area contributed by atoms with Crippen molar-refractivity contribution in [2.24, 2.45) is 0 Å². The molecule has 5 rings (SSSR count). The van der Waals surface area contributed by atoms with Crippen molar-refractivity contribution in [2.75, 3.05) is 37.0 Å². The fourth-order valence-electron chi connectivity index (χ4n) is 5.24. The number of hydrogen-bond donors (Lipinski definition) is 2. The predicted octanol–water partition coefficient (Wildman–Crippen LogP) is 3.47. The average molecular weight is 500 g/mol. The summed E-state index contributed by atoms with van der Waals surface area (Å²) in [4.78, 5) is 23.6. The molecular formula is C25H33N5O4S. The molecule has 2 saturated carbocycles. The summed E-state index contributed by atoms with van der Waals surface area (Å²) in [6.07, 6.45) is 4.47. The highest BCUT2D eigenvalue weighted by molar-refractivity contribution is 7.93. The molecule has 1 saturated heterocycles. The van der Waals surface area contributed by atoms with Gasteiger partial charge < -0.3 is 20.3 Å². The number of nitrogens with one attached hydrogen (secondary N) is 2. The van der Waals surface area contributed by atoms with Crippen LogP contribution >= 0.6 is 0 Å². The van der Waals surface area contributed by atoms with Crippen LogP contribution in [-0.4, -0.2) is 62.5 Å². The molecule has 3 aliphatic rings. The molecule has 0 unspecified atom stereocenters. The summed E-state index contributed by atoms with van der Waals surface area (Å²) in [5.74, 6) is 1.24. The number of rotatable bonds is 6. The van der Waals surface area contributed by atoms with Gasteiger partial charge in [0.25, 0.3) is 0 Å². The Labute approximate surface area is 206 Å². The van der Waals surface area contributed by atoms with E-state index in [0.29, 0.717) is 49.8 Å². The number of hydrogen-bond acceptors (Lipinski definition) is 7. The lowest BCUT2D eigenvalue weighted by Gasteiger charge is -2.36. The van der Waals surface area contributed by atoms with E-state index in [-0.39, 0.29) is 17.3 Å². The van der Waals surface area contributed by atoms with Gasteiger partial charge in [-0.3, -0.25) is 0 Å². The summed E-state index contributed by atoms with van der Waals surface area (Å²) in [5.41, 5.74) is 2.04. The Bertz CT molecular complexity index is 1190. The van der Waals surface area contributed by atoms with Gasteiger partial charge in [-0.15, -0.1) is 0 Å². The van der Waals surface area contributed by atoms with Gasteiger partial charge in [0.1, 0.15) is 10.6 Å². The first-order chi connectivity index (χ1) is 16.8. The number of morpholine rings is 1. The molecule has 2 aromatic rings. The molecule has 2 aliphatic carbocycles. The number of ether oxygens (including phenoxy) is 1. The van der Waals surface area contributed by atoms with Gasteiger partial charge in [0.05, 0.1) is 30.2 Å². The summed E-state index contributed by atoms with van der Waals surface area (Å²) in [7, 11) is -1.79. The topological polar surface area (TPSA) is 114 Å². The number of urea groups is 1. The number of anilines is 2. The van der Waals surface area contributed by atoms with Crippen LogP contribution in [0.25, 0.3) is 11.4 Å². The molecule has 9 nitrogen and oxygen atoms in total. The molecule has 1 aromatic heterocycles. The molecule has 35 heavy (non-hydrogen) atoms. The third-order valence-electron chi connectivity index (χ3n) is 7.39. The lowest BCUT2D eigenvalue weighted by Crippen LogP contribution is -2.44. The van der Waals surface area contributed by atoms with Gasteiger partial charge in [0.15, 0.2) is 15.7 Å². The van der Waals surface area contributed by atoms with Crippen LogP contribution < -0.4 is 15.5 Å². The number of aromatic nitrogens is 2. The molecule has 1 aliphatic heterocycles. The van der Waals surface area contributed by atoms with Crippen molar-refractivity contribution >= 4 is 27.4 Å².